The number of hydrogen-bond donors (Lipinski definition) is 1. The second kappa shape index (κ2) is 4.90. The van der Waals surface area contributed by atoms with Crippen LogP contribution in [-0.4, -0.2) is 14.9 Å². The molecule has 1 atom stereocenters. The number of halogens is 1. The van der Waals surface area contributed by atoms with Gasteiger partial charge in [0.2, 0.25) is 0 Å². The number of aromatic nitrogens is 2. The number of aliphatic hydroxyl groups excluding tert-OH is 1. The van der Waals surface area contributed by atoms with Gasteiger partial charge in [-0.2, -0.15) is 5.10 Å². The summed E-state index contributed by atoms with van der Waals surface area (Å²) in [6.07, 6.45) is -0.0408. The fourth-order valence-electron chi connectivity index (χ4n) is 1.92. The molecule has 2 aromatic rings. The van der Waals surface area contributed by atoms with E-state index in [4.69, 9.17) is 0 Å². The van der Waals surface area contributed by atoms with Crippen LogP contribution in [0, 0.1) is 12.7 Å². The lowest BCUT2D eigenvalue weighted by atomic mass is 10.0. The minimum atomic E-state index is -0.849. The van der Waals surface area contributed by atoms with Crippen LogP contribution in [0.25, 0.3) is 0 Å². The summed E-state index contributed by atoms with van der Waals surface area (Å²) in [5.41, 5.74) is 2.71. The van der Waals surface area contributed by atoms with Gasteiger partial charge in [0, 0.05) is 7.05 Å². The zero-order valence-electron chi connectivity index (χ0n) is 10.8. The lowest BCUT2D eigenvalue weighted by Crippen LogP contribution is -2.07. The highest BCUT2D eigenvalue weighted by Gasteiger charge is 2.16. The Bertz CT molecular complexity index is 563. The molecule has 1 heterocycles. The highest BCUT2D eigenvalue weighted by Crippen LogP contribution is 2.24. The second-order valence-corrected chi connectivity index (χ2v) is 4.45. The topological polar surface area (TPSA) is 38.0 Å². The summed E-state index contributed by atoms with van der Waals surface area (Å²) < 4.78 is 15.1. The van der Waals surface area contributed by atoms with Crippen molar-refractivity contribution >= 4 is 0 Å². The van der Waals surface area contributed by atoms with Crippen LogP contribution in [0.3, 0.4) is 0 Å². The number of rotatable bonds is 3. The van der Waals surface area contributed by atoms with Crippen molar-refractivity contribution < 1.29 is 9.50 Å². The molecule has 0 aliphatic rings. The van der Waals surface area contributed by atoms with Crippen molar-refractivity contribution in [3.8, 4) is 0 Å². The summed E-state index contributed by atoms with van der Waals surface area (Å²) in [6.45, 7) is 3.70. The van der Waals surface area contributed by atoms with E-state index in [1.165, 1.54) is 6.07 Å². The Morgan fingerprint density at radius 3 is 2.67 bits per heavy atom. The van der Waals surface area contributed by atoms with Gasteiger partial charge < -0.3 is 5.11 Å². The number of aliphatic hydroxyl groups is 1. The molecule has 1 aromatic carbocycles. The van der Waals surface area contributed by atoms with Crippen molar-refractivity contribution in [1.82, 2.24) is 9.78 Å². The average Bonchev–Trinajstić information content (AvgIpc) is 2.73. The molecule has 1 N–H and O–H groups in total. The molecule has 2 rings (SSSR count). The maximum absolute atomic E-state index is 13.5. The Hall–Kier alpha value is -1.68. The van der Waals surface area contributed by atoms with E-state index in [9.17, 15) is 9.50 Å². The first kappa shape index (κ1) is 12.8. The molecule has 0 radical (unpaired) electrons. The van der Waals surface area contributed by atoms with Crippen molar-refractivity contribution in [3.63, 3.8) is 0 Å². The lowest BCUT2D eigenvalue weighted by molar-refractivity contribution is 0.209. The zero-order chi connectivity index (χ0) is 13.3. The van der Waals surface area contributed by atoms with Crippen LogP contribution < -0.4 is 0 Å². The van der Waals surface area contributed by atoms with Crippen molar-refractivity contribution in [2.24, 2.45) is 7.05 Å². The third-order valence-electron chi connectivity index (χ3n) is 3.12. The van der Waals surface area contributed by atoms with Crippen LogP contribution in [0.2, 0.25) is 0 Å². The Morgan fingerprint density at radius 2 is 2.11 bits per heavy atom. The Kier molecular flexibility index (Phi) is 3.48. The van der Waals surface area contributed by atoms with E-state index in [-0.39, 0.29) is 5.82 Å². The summed E-state index contributed by atoms with van der Waals surface area (Å²) in [4.78, 5) is 0. The first-order chi connectivity index (χ1) is 8.52. The van der Waals surface area contributed by atoms with Crippen LogP contribution in [0.4, 0.5) is 4.39 Å². The molecule has 3 nitrogen and oxygen atoms in total. The van der Waals surface area contributed by atoms with Crippen LogP contribution in [0.15, 0.2) is 24.3 Å². The van der Waals surface area contributed by atoms with Gasteiger partial charge in [0.25, 0.3) is 0 Å². The molecular formula is C14H17FN2O. The highest BCUT2D eigenvalue weighted by atomic mass is 19.1. The van der Waals surface area contributed by atoms with Gasteiger partial charge >= 0.3 is 0 Å². The molecule has 1 aromatic heterocycles. The third kappa shape index (κ3) is 2.29. The molecule has 0 aliphatic heterocycles. The predicted octanol–water partition coefficient (Wildman–Crippen LogP) is 2.51. The van der Waals surface area contributed by atoms with Gasteiger partial charge in [-0.25, -0.2) is 4.39 Å². The summed E-state index contributed by atoms with van der Waals surface area (Å²) >= 11 is 0. The van der Waals surface area contributed by atoms with Gasteiger partial charge in [-0.1, -0.05) is 19.1 Å². The van der Waals surface area contributed by atoms with Gasteiger partial charge in [-0.15, -0.1) is 0 Å². The minimum absolute atomic E-state index is 0.301. The highest BCUT2D eigenvalue weighted by molar-refractivity contribution is 5.30. The maximum atomic E-state index is 13.5. The summed E-state index contributed by atoms with van der Waals surface area (Å²) in [6, 6.07) is 6.63. The minimum Gasteiger partial charge on any atom is -0.382 e. The van der Waals surface area contributed by atoms with E-state index in [1.807, 2.05) is 13.0 Å². The number of benzene rings is 1. The van der Waals surface area contributed by atoms with E-state index in [1.54, 1.807) is 30.8 Å². The van der Waals surface area contributed by atoms with Crippen LogP contribution in [-0.2, 0) is 13.5 Å². The quantitative estimate of drug-likeness (QED) is 0.906. The van der Waals surface area contributed by atoms with Gasteiger partial charge in [0.1, 0.15) is 11.9 Å². The molecule has 0 saturated heterocycles. The van der Waals surface area contributed by atoms with E-state index < -0.39 is 6.10 Å². The first-order valence-corrected chi connectivity index (χ1v) is 6.00. The monoisotopic (exact) mass is 248 g/mol. The first-order valence-electron chi connectivity index (χ1n) is 6.00. The van der Waals surface area contributed by atoms with E-state index in [0.29, 0.717) is 16.8 Å². The van der Waals surface area contributed by atoms with Crippen molar-refractivity contribution in [1.29, 1.82) is 0 Å². The Balaban J connectivity index is 2.37. The normalized spacial score (nSPS) is 12.7. The van der Waals surface area contributed by atoms with Crippen molar-refractivity contribution in [2.75, 3.05) is 0 Å². The van der Waals surface area contributed by atoms with E-state index >= 15 is 0 Å². The molecule has 0 bridgehead atoms. The molecule has 18 heavy (non-hydrogen) atoms. The molecule has 1 unspecified atom stereocenters. The SMILES string of the molecule is CCc1cc(C(O)c2ccc(C)c(F)c2)n(C)n1. The second-order valence-electron chi connectivity index (χ2n) is 4.45. The summed E-state index contributed by atoms with van der Waals surface area (Å²) in [5, 5.41) is 14.5. The average molecular weight is 248 g/mol. The Labute approximate surface area is 106 Å². The van der Waals surface area contributed by atoms with Gasteiger partial charge in [0.15, 0.2) is 0 Å². The maximum Gasteiger partial charge on any atom is 0.126 e. The molecule has 0 spiro atoms. The largest absolute Gasteiger partial charge is 0.382 e. The van der Waals surface area contributed by atoms with Crippen LogP contribution in [0.5, 0.6) is 0 Å². The van der Waals surface area contributed by atoms with E-state index in [2.05, 4.69) is 5.10 Å². The van der Waals surface area contributed by atoms with Crippen molar-refractivity contribution in [2.45, 2.75) is 26.4 Å². The lowest BCUT2D eigenvalue weighted by Gasteiger charge is -2.12. The van der Waals surface area contributed by atoms with Gasteiger partial charge in [0.05, 0.1) is 11.4 Å². The fourth-order valence-corrected chi connectivity index (χ4v) is 1.92. The standard InChI is InChI=1S/C14H17FN2O/c1-4-11-8-13(17(3)16-11)14(18)10-6-5-9(2)12(15)7-10/h5-8,14,18H,4H2,1-3H3. The van der Waals surface area contributed by atoms with Gasteiger partial charge in [-0.3, -0.25) is 4.68 Å². The molecule has 96 valence electrons. The number of nitrogens with zero attached hydrogens (tertiary/aromatic N) is 2. The molecular weight excluding hydrogens is 231 g/mol. The number of hydrogen-bond acceptors (Lipinski definition) is 2. The molecule has 0 fully saturated rings. The predicted molar refractivity (Wildman–Crippen MR) is 67.8 cm³/mol. The van der Waals surface area contributed by atoms with Crippen molar-refractivity contribution in [3.05, 3.63) is 52.6 Å². The third-order valence-corrected chi connectivity index (χ3v) is 3.12. The van der Waals surface area contributed by atoms with Crippen LogP contribution >= 0.6 is 0 Å². The molecule has 0 aliphatic carbocycles. The van der Waals surface area contributed by atoms with Crippen LogP contribution in [0.1, 0.15) is 35.5 Å². The van der Waals surface area contributed by atoms with Gasteiger partial charge in [-0.05, 0) is 36.6 Å². The van der Waals surface area contributed by atoms with E-state index in [0.717, 1.165) is 12.1 Å². The zero-order valence-corrected chi connectivity index (χ0v) is 10.8. The summed E-state index contributed by atoms with van der Waals surface area (Å²) in [5.74, 6) is -0.301. The molecule has 0 saturated carbocycles. The molecule has 4 heteroatoms. The smallest absolute Gasteiger partial charge is 0.126 e. The summed E-state index contributed by atoms with van der Waals surface area (Å²) in [7, 11) is 1.78. The Morgan fingerprint density at radius 1 is 1.39 bits per heavy atom. The number of aryl methyl sites for hydroxylation is 3. The molecule has 0 amide bonds. The fraction of sp³-hybridized carbons (Fsp3) is 0.357.